The van der Waals surface area contributed by atoms with E-state index in [-0.39, 0.29) is 0 Å². The first-order valence-electron chi connectivity index (χ1n) is 5.70. The molecule has 1 aromatic rings. The van der Waals surface area contributed by atoms with Crippen molar-refractivity contribution in [2.75, 3.05) is 32.7 Å². The van der Waals surface area contributed by atoms with Gasteiger partial charge in [-0.15, -0.1) is 0 Å². The van der Waals surface area contributed by atoms with E-state index in [0.29, 0.717) is 0 Å². The van der Waals surface area contributed by atoms with Gasteiger partial charge in [0.25, 0.3) is 0 Å². The molecule has 0 radical (unpaired) electrons. The predicted molar refractivity (Wildman–Crippen MR) is 60.6 cm³/mol. The number of rotatable bonds is 3. The number of aryl methyl sites for hydroxylation is 1. The van der Waals surface area contributed by atoms with Crippen LogP contribution in [0.3, 0.4) is 0 Å². The Morgan fingerprint density at radius 2 is 1.87 bits per heavy atom. The molecule has 0 aliphatic carbocycles. The van der Waals surface area contributed by atoms with E-state index in [2.05, 4.69) is 28.0 Å². The van der Waals surface area contributed by atoms with Crippen LogP contribution in [0.1, 0.15) is 12.5 Å². The third kappa shape index (κ3) is 2.79. The maximum atomic E-state index is 4.19. The molecule has 0 unspecified atom stereocenters. The van der Waals surface area contributed by atoms with E-state index in [1.54, 1.807) is 0 Å². The molecule has 15 heavy (non-hydrogen) atoms. The molecule has 0 spiro atoms. The van der Waals surface area contributed by atoms with Gasteiger partial charge < -0.3 is 4.90 Å². The van der Waals surface area contributed by atoms with Gasteiger partial charge in [0.15, 0.2) is 0 Å². The van der Waals surface area contributed by atoms with Crippen LogP contribution in [-0.2, 0) is 13.6 Å². The van der Waals surface area contributed by atoms with Gasteiger partial charge in [-0.1, -0.05) is 6.92 Å². The van der Waals surface area contributed by atoms with Crippen molar-refractivity contribution in [3.8, 4) is 0 Å². The number of nitrogens with zero attached hydrogens (tertiary/aromatic N) is 4. The highest BCUT2D eigenvalue weighted by Crippen LogP contribution is 2.07. The first-order valence-corrected chi connectivity index (χ1v) is 5.70. The van der Waals surface area contributed by atoms with E-state index < -0.39 is 0 Å². The molecule has 4 heteroatoms. The largest absolute Gasteiger partial charge is 0.301 e. The monoisotopic (exact) mass is 208 g/mol. The Labute approximate surface area is 91.5 Å². The lowest BCUT2D eigenvalue weighted by Crippen LogP contribution is -2.45. The van der Waals surface area contributed by atoms with E-state index >= 15 is 0 Å². The Hall–Kier alpha value is -0.870. The van der Waals surface area contributed by atoms with Gasteiger partial charge in [-0.2, -0.15) is 5.10 Å². The Morgan fingerprint density at radius 1 is 1.20 bits per heavy atom. The van der Waals surface area contributed by atoms with Crippen LogP contribution in [0, 0.1) is 0 Å². The van der Waals surface area contributed by atoms with Crippen molar-refractivity contribution in [3.63, 3.8) is 0 Å². The van der Waals surface area contributed by atoms with Gasteiger partial charge in [-0.3, -0.25) is 9.58 Å². The number of likely N-dealkylation sites (N-methyl/N-ethyl adjacent to an activating group) is 1. The van der Waals surface area contributed by atoms with E-state index in [9.17, 15) is 0 Å². The molecule has 1 fully saturated rings. The van der Waals surface area contributed by atoms with Crippen molar-refractivity contribution >= 4 is 0 Å². The minimum Gasteiger partial charge on any atom is -0.301 e. The van der Waals surface area contributed by atoms with Gasteiger partial charge in [-0.05, 0) is 6.54 Å². The molecule has 84 valence electrons. The fraction of sp³-hybridized carbons (Fsp3) is 0.727. The fourth-order valence-electron chi connectivity index (χ4n) is 2.08. The van der Waals surface area contributed by atoms with Crippen LogP contribution in [0.25, 0.3) is 0 Å². The molecule has 0 atom stereocenters. The molecule has 0 N–H and O–H groups in total. The van der Waals surface area contributed by atoms with E-state index in [1.807, 2.05) is 17.9 Å². The SMILES string of the molecule is CCN1CCN(Cc2cnn(C)c2)CC1. The summed E-state index contributed by atoms with van der Waals surface area (Å²) in [6, 6.07) is 0. The Kier molecular flexibility index (Phi) is 3.38. The van der Waals surface area contributed by atoms with E-state index in [1.165, 1.54) is 38.3 Å². The summed E-state index contributed by atoms with van der Waals surface area (Å²) >= 11 is 0. The average Bonchev–Trinajstić information content (AvgIpc) is 2.65. The highest BCUT2D eigenvalue weighted by atomic mass is 15.3. The van der Waals surface area contributed by atoms with E-state index in [0.717, 1.165) is 6.54 Å². The van der Waals surface area contributed by atoms with Gasteiger partial charge in [0, 0.05) is 51.5 Å². The van der Waals surface area contributed by atoms with Gasteiger partial charge in [0.1, 0.15) is 0 Å². The van der Waals surface area contributed by atoms with Crippen LogP contribution in [0.5, 0.6) is 0 Å². The summed E-state index contributed by atoms with van der Waals surface area (Å²) in [6.07, 6.45) is 4.07. The number of hydrogen-bond acceptors (Lipinski definition) is 3. The lowest BCUT2D eigenvalue weighted by molar-refractivity contribution is 0.132. The summed E-state index contributed by atoms with van der Waals surface area (Å²) < 4.78 is 1.87. The van der Waals surface area contributed by atoms with Crippen LogP contribution in [0.2, 0.25) is 0 Å². The summed E-state index contributed by atoms with van der Waals surface area (Å²) in [4.78, 5) is 5.00. The molecule has 0 aromatic carbocycles. The third-order valence-corrected chi connectivity index (χ3v) is 3.08. The highest BCUT2D eigenvalue weighted by molar-refractivity contribution is 5.03. The molecule has 2 rings (SSSR count). The predicted octanol–water partition coefficient (Wildman–Crippen LogP) is 0.558. The molecule has 4 nitrogen and oxygen atoms in total. The fourth-order valence-corrected chi connectivity index (χ4v) is 2.08. The van der Waals surface area contributed by atoms with Crippen molar-refractivity contribution in [1.82, 2.24) is 19.6 Å². The van der Waals surface area contributed by atoms with Gasteiger partial charge >= 0.3 is 0 Å². The molecule has 0 amide bonds. The standard InChI is InChI=1S/C11H20N4/c1-3-14-4-6-15(7-5-14)10-11-8-12-13(2)9-11/h8-9H,3-7,10H2,1-2H3. The normalized spacial score (nSPS) is 19.6. The second-order valence-electron chi connectivity index (χ2n) is 4.23. The van der Waals surface area contributed by atoms with Crippen molar-refractivity contribution in [3.05, 3.63) is 18.0 Å². The molecular weight excluding hydrogens is 188 g/mol. The lowest BCUT2D eigenvalue weighted by Gasteiger charge is -2.33. The maximum Gasteiger partial charge on any atom is 0.0534 e. The lowest BCUT2D eigenvalue weighted by atomic mass is 10.2. The van der Waals surface area contributed by atoms with Crippen molar-refractivity contribution in [2.24, 2.45) is 7.05 Å². The number of aromatic nitrogens is 2. The van der Waals surface area contributed by atoms with Crippen molar-refractivity contribution < 1.29 is 0 Å². The number of piperazine rings is 1. The first-order chi connectivity index (χ1) is 7.28. The molecule has 0 bridgehead atoms. The molecule has 2 heterocycles. The van der Waals surface area contributed by atoms with Gasteiger partial charge in [0.05, 0.1) is 6.20 Å². The molecule has 1 aliphatic heterocycles. The summed E-state index contributed by atoms with van der Waals surface area (Å²) in [5, 5.41) is 4.19. The second-order valence-corrected chi connectivity index (χ2v) is 4.23. The highest BCUT2D eigenvalue weighted by Gasteiger charge is 2.15. The van der Waals surface area contributed by atoms with Gasteiger partial charge in [-0.25, -0.2) is 0 Å². The smallest absolute Gasteiger partial charge is 0.0534 e. The average molecular weight is 208 g/mol. The van der Waals surface area contributed by atoms with Crippen LogP contribution in [0.4, 0.5) is 0 Å². The zero-order valence-corrected chi connectivity index (χ0v) is 9.69. The Bertz CT molecular complexity index is 299. The molecule has 0 saturated carbocycles. The summed E-state index contributed by atoms with van der Waals surface area (Å²) in [6.45, 7) is 9.24. The van der Waals surface area contributed by atoms with Crippen LogP contribution in [-0.4, -0.2) is 52.3 Å². The topological polar surface area (TPSA) is 24.3 Å². The quantitative estimate of drug-likeness (QED) is 0.725. The molecule has 1 saturated heterocycles. The third-order valence-electron chi connectivity index (χ3n) is 3.08. The van der Waals surface area contributed by atoms with Gasteiger partial charge in [0.2, 0.25) is 0 Å². The van der Waals surface area contributed by atoms with Crippen LogP contribution >= 0.6 is 0 Å². The zero-order valence-electron chi connectivity index (χ0n) is 9.69. The first kappa shape index (κ1) is 10.6. The molecule has 1 aromatic heterocycles. The Morgan fingerprint density at radius 3 is 2.40 bits per heavy atom. The minimum absolute atomic E-state index is 1.05. The van der Waals surface area contributed by atoms with Crippen molar-refractivity contribution in [2.45, 2.75) is 13.5 Å². The molecular formula is C11H20N4. The number of hydrogen-bond donors (Lipinski definition) is 0. The van der Waals surface area contributed by atoms with Crippen molar-refractivity contribution in [1.29, 1.82) is 0 Å². The van der Waals surface area contributed by atoms with E-state index in [4.69, 9.17) is 0 Å². The minimum atomic E-state index is 1.05. The zero-order chi connectivity index (χ0) is 10.7. The molecule has 1 aliphatic rings. The maximum absolute atomic E-state index is 4.19. The summed E-state index contributed by atoms with van der Waals surface area (Å²) in [5.41, 5.74) is 1.32. The Balaban J connectivity index is 1.82. The summed E-state index contributed by atoms with van der Waals surface area (Å²) in [5.74, 6) is 0. The van der Waals surface area contributed by atoms with Crippen LogP contribution in [0.15, 0.2) is 12.4 Å². The summed E-state index contributed by atoms with van der Waals surface area (Å²) in [7, 11) is 1.97. The van der Waals surface area contributed by atoms with Crippen LogP contribution < -0.4 is 0 Å². The second kappa shape index (κ2) is 4.77.